The zero-order chi connectivity index (χ0) is 35.1. The molecule has 0 heterocycles. The predicted octanol–water partition coefficient (Wildman–Crippen LogP) is 14.8. The van der Waals surface area contributed by atoms with Crippen LogP contribution in [0.4, 0.5) is 17.1 Å². The summed E-state index contributed by atoms with van der Waals surface area (Å²) in [6.07, 6.45) is 0. The lowest BCUT2D eigenvalue weighted by molar-refractivity contribution is 1.30. The van der Waals surface area contributed by atoms with Gasteiger partial charge in [0.1, 0.15) is 0 Å². The highest BCUT2D eigenvalue weighted by Crippen LogP contribution is 2.43. The van der Waals surface area contributed by atoms with Gasteiger partial charge >= 0.3 is 0 Å². The van der Waals surface area contributed by atoms with Gasteiger partial charge in [-0.2, -0.15) is 0 Å². The van der Waals surface area contributed by atoms with Gasteiger partial charge < -0.3 is 4.90 Å². The summed E-state index contributed by atoms with van der Waals surface area (Å²) in [4.78, 5) is 2.41. The Labute approximate surface area is 309 Å². The molecule has 0 amide bonds. The minimum Gasteiger partial charge on any atom is -0.310 e. The van der Waals surface area contributed by atoms with Crippen molar-refractivity contribution in [3.8, 4) is 33.4 Å². The van der Waals surface area contributed by atoms with Crippen molar-refractivity contribution in [1.29, 1.82) is 0 Å². The SMILES string of the molecule is c1ccc(-c2cccc3c(N(c4ccc(-c5ccc6ccccc6c5)cc4)c4ccc(-c5cc6ccccc6c6ccccc56)cc4)cccc23)cc1. The minimum absolute atomic E-state index is 1.11. The smallest absolute Gasteiger partial charge is 0.0540 e. The van der Waals surface area contributed by atoms with Gasteiger partial charge in [0, 0.05) is 16.8 Å². The first-order valence-corrected chi connectivity index (χ1v) is 18.3. The number of hydrogen-bond acceptors (Lipinski definition) is 1. The molecule has 10 aromatic rings. The van der Waals surface area contributed by atoms with E-state index in [1.54, 1.807) is 0 Å². The molecule has 0 fully saturated rings. The first-order valence-electron chi connectivity index (χ1n) is 18.3. The minimum atomic E-state index is 1.11. The Morgan fingerprint density at radius 3 is 1.55 bits per heavy atom. The molecule has 1 nitrogen and oxygen atoms in total. The maximum Gasteiger partial charge on any atom is 0.0540 e. The molecule has 0 N–H and O–H groups in total. The molecule has 0 bridgehead atoms. The number of benzene rings is 10. The second-order valence-corrected chi connectivity index (χ2v) is 13.7. The highest BCUT2D eigenvalue weighted by atomic mass is 15.1. The molecule has 0 atom stereocenters. The molecule has 0 aliphatic rings. The molecule has 10 rings (SSSR count). The quantitative estimate of drug-likeness (QED) is 0.159. The van der Waals surface area contributed by atoms with Gasteiger partial charge in [-0.05, 0) is 114 Å². The molecule has 0 aliphatic heterocycles. The lowest BCUT2D eigenvalue weighted by Gasteiger charge is -2.28. The molecule has 0 saturated carbocycles. The summed E-state index contributed by atoms with van der Waals surface area (Å²) >= 11 is 0. The van der Waals surface area contributed by atoms with Crippen molar-refractivity contribution in [3.63, 3.8) is 0 Å². The van der Waals surface area contributed by atoms with E-state index in [1.807, 2.05) is 0 Å². The third kappa shape index (κ3) is 5.51. The van der Waals surface area contributed by atoms with Crippen LogP contribution < -0.4 is 4.90 Å². The van der Waals surface area contributed by atoms with Crippen molar-refractivity contribution in [2.24, 2.45) is 0 Å². The van der Waals surface area contributed by atoms with E-state index >= 15 is 0 Å². The normalized spacial score (nSPS) is 11.4. The second kappa shape index (κ2) is 13.0. The van der Waals surface area contributed by atoms with Crippen molar-refractivity contribution in [1.82, 2.24) is 0 Å². The molecule has 1 heteroatoms. The Morgan fingerprint density at radius 2 is 0.774 bits per heavy atom. The fourth-order valence-corrected chi connectivity index (χ4v) is 8.04. The van der Waals surface area contributed by atoms with E-state index in [2.05, 4.69) is 217 Å². The molecule has 0 aliphatic carbocycles. The van der Waals surface area contributed by atoms with Gasteiger partial charge in [-0.1, -0.05) is 170 Å². The molecule has 248 valence electrons. The lowest BCUT2D eigenvalue weighted by atomic mass is 9.93. The number of hydrogen-bond donors (Lipinski definition) is 0. The summed E-state index contributed by atoms with van der Waals surface area (Å²) in [6, 6.07) is 77.2. The maximum atomic E-state index is 2.41. The van der Waals surface area contributed by atoms with Gasteiger partial charge in [0.25, 0.3) is 0 Å². The Kier molecular flexibility index (Phi) is 7.55. The molecule has 0 aromatic heterocycles. The number of rotatable bonds is 6. The molecule has 0 unspecified atom stereocenters. The summed E-state index contributed by atoms with van der Waals surface area (Å²) in [7, 11) is 0. The van der Waals surface area contributed by atoms with Gasteiger partial charge in [0.2, 0.25) is 0 Å². The van der Waals surface area contributed by atoms with Gasteiger partial charge in [-0.25, -0.2) is 0 Å². The van der Waals surface area contributed by atoms with Gasteiger partial charge in [-0.15, -0.1) is 0 Å². The predicted molar refractivity (Wildman–Crippen MR) is 227 cm³/mol. The lowest BCUT2D eigenvalue weighted by Crippen LogP contribution is -2.10. The highest BCUT2D eigenvalue weighted by molar-refractivity contribution is 6.14. The Balaban J connectivity index is 1.12. The van der Waals surface area contributed by atoms with Crippen LogP contribution in [-0.4, -0.2) is 0 Å². The summed E-state index contributed by atoms with van der Waals surface area (Å²) in [5.74, 6) is 0. The fraction of sp³-hybridized carbons (Fsp3) is 0. The molecular weight excluding hydrogens is 639 g/mol. The van der Waals surface area contributed by atoms with E-state index in [0.717, 1.165) is 17.1 Å². The number of nitrogens with zero attached hydrogens (tertiary/aromatic N) is 1. The summed E-state index contributed by atoms with van der Waals surface area (Å²) in [6.45, 7) is 0. The van der Waals surface area contributed by atoms with Crippen LogP contribution >= 0.6 is 0 Å². The summed E-state index contributed by atoms with van der Waals surface area (Å²) in [5, 5.41) is 10.0. The van der Waals surface area contributed by atoms with Crippen LogP contribution in [0.2, 0.25) is 0 Å². The first-order chi connectivity index (χ1) is 26.3. The van der Waals surface area contributed by atoms with Crippen molar-refractivity contribution < 1.29 is 0 Å². The average molecular weight is 674 g/mol. The highest BCUT2D eigenvalue weighted by Gasteiger charge is 2.18. The third-order valence-electron chi connectivity index (χ3n) is 10.6. The van der Waals surface area contributed by atoms with Crippen LogP contribution in [0.3, 0.4) is 0 Å². The van der Waals surface area contributed by atoms with E-state index in [0.29, 0.717) is 0 Å². The zero-order valence-electron chi connectivity index (χ0n) is 29.2. The number of anilines is 3. The van der Waals surface area contributed by atoms with Crippen LogP contribution in [-0.2, 0) is 0 Å². The molecule has 10 aromatic carbocycles. The fourth-order valence-electron chi connectivity index (χ4n) is 8.04. The van der Waals surface area contributed by atoms with E-state index < -0.39 is 0 Å². The van der Waals surface area contributed by atoms with Crippen molar-refractivity contribution >= 4 is 60.2 Å². The molecule has 53 heavy (non-hydrogen) atoms. The maximum absolute atomic E-state index is 2.41. The van der Waals surface area contributed by atoms with E-state index in [9.17, 15) is 0 Å². The van der Waals surface area contributed by atoms with Crippen LogP contribution in [0.15, 0.2) is 212 Å². The van der Waals surface area contributed by atoms with Gasteiger partial charge in [-0.3, -0.25) is 0 Å². The summed E-state index contributed by atoms with van der Waals surface area (Å²) in [5.41, 5.74) is 10.7. The summed E-state index contributed by atoms with van der Waals surface area (Å²) < 4.78 is 0. The van der Waals surface area contributed by atoms with E-state index in [-0.39, 0.29) is 0 Å². The first kappa shape index (κ1) is 30.8. The van der Waals surface area contributed by atoms with Gasteiger partial charge in [0.05, 0.1) is 5.69 Å². The second-order valence-electron chi connectivity index (χ2n) is 13.7. The van der Waals surface area contributed by atoms with Crippen LogP contribution in [0.5, 0.6) is 0 Å². The van der Waals surface area contributed by atoms with Crippen LogP contribution in [0, 0.1) is 0 Å². The Hall–Kier alpha value is -6.96. The molecule has 0 radical (unpaired) electrons. The number of fused-ring (bicyclic) bond motifs is 5. The molecule has 0 spiro atoms. The third-order valence-corrected chi connectivity index (χ3v) is 10.6. The monoisotopic (exact) mass is 673 g/mol. The largest absolute Gasteiger partial charge is 0.310 e. The standard InChI is InChI=1S/C52H35N/c1-2-13-38(14-3-1)45-20-10-22-50-48(45)21-11-23-52(50)53(43-30-26-37(27-31-43)41-25-24-36-12-4-5-15-40(36)34-41)44-32-28-39(29-33-44)51-35-42-16-6-7-17-46(42)47-18-8-9-19-49(47)51/h1-35H. The Morgan fingerprint density at radius 1 is 0.245 bits per heavy atom. The van der Waals surface area contributed by atoms with E-state index in [1.165, 1.54) is 76.5 Å². The van der Waals surface area contributed by atoms with Crippen molar-refractivity contribution in [2.45, 2.75) is 0 Å². The van der Waals surface area contributed by atoms with E-state index in [4.69, 9.17) is 0 Å². The van der Waals surface area contributed by atoms with Crippen LogP contribution in [0.25, 0.3) is 76.5 Å². The molecule has 0 saturated heterocycles. The average Bonchev–Trinajstić information content (AvgIpc) is 3.24. The van der Waals surface area contributed by atoms with Crippen LogP contribution in [0.1, 0.15) is 0 Å². The topological polar surface area (TPSA) is 3.24 Å². The van der Waals surface area contributed by atoms with Crippen molar-refractivity contribution in [3.05, 3.63) is 212 Å². The van der Waals surface area contributed by atoms with Crippen molar-refractivity contribution in [2.75, 3.05) is 4.90 Å². The van der Waals surface area contributed by atoms with Gasteiger partial charge in [0.15, 0.2) is 0 Å². The Bertz CT molecular complexity index is 2920. The zero-order valence-corrected chi connectivity index (χ0v) is 29.2. The molecular formula is C52H35N.